The lowest BCUT2D eigenvalue weighted by molar-refractivity contribution is 0.590. The predicted octanol–water partition coefficient (Wildman–Crippen LogP) is 20.4. The first-order chi connectivity index (χ1) is 40.8. The zero-order valence-electron chi connectivity index (χ0n) is 52.7. The Morgan fingerprint density at radius 3 is 1.27 bits per heavy atom. The third kappa shape index (κ3) is 8.18. The van der Waals surface area contributed by atoms with E-state index >= 15 is 0 Å². The summed E-state index contributed by atoms with van der Waals surface area (Å²) in [5.41, 5.74) is 25.4. The first kappa shape index (κ1) is 54.0. The van der Waals surface area contributed by atoms with Gasteiger partial charge >= 0.3 is 0 Å². The molecule has 2 aliphatic rings. The number of anilines is 6. The quantitative estimate of drug-likeness (QED) is 0.165. The van der Waals surface area contributed by atoms with Crippen LogP contribution in [-0.4, -0.2) is 15.8 Å². The number of hydrogen-bond acceptors (Lipinski definition) is 3. The van der Waals surface area contributed by atoms with Crippen molar-refractivity contribution in [1.82, 2.24) is 9.13 Å². The second-order valence-electron chi connectivity index (χ2n) is 29.9. The number of benzene rings is 10. The fourth-order valence-electron chi connectivity index (χ4n) is 14.3. The van der Waals surface area contributed by atoms with Gasteiger partial charge < -0.3 is 23.4 Å². The van der Waals surface area contributed by atoms with Crippen LogP contribution < -0.4 is 26.2 Å². The summed E-state index contributed by atoms with van der Waals surface area (Å²) in [7, 11) is 0. The van der Waals surface area contributed by atoms with E-state index in [4.69, 9.17) is 4.42 Å². The van der Waals surface area contributed by atoms with Crippen molar-refractivity contribution in [2.24, 2.45) is 0 Å². The molecule has 0 unspecified atom stereocenters. The van der Waals surface area contributed by atoms with Crippen LogP contribution in [0, 0.1) is 0 Å². The third-order valence-electron chi connectivity index (χ3n) is 19.1. The van der Waals surface area contributed by atoms with Crippen LogP contribution in [0.25, 0.3) is 76.9 Å². The summed E-state index contributed by atoms with van der Waals surface area (Å²) < 4.78 is 12.6. The van der Waals surface area contributed by atoms with E-state index in [2.05, 4.69) is 317 Å². The van der Waals surface area contributed by atoms with Crippen LogP contribution in [0.2, 0.25) is 0 Å². The minimum Gasteiger partial charge on any atom is -0.454 e. The van der Waals surface area contributed by atoms with Crippen molar-refractivity contribution in [3.05, 3.63) is 222 Å². The summed E-state index contributed by atoms with van der Waals surface area (Å²) in [6, 6.07) is 74.8. The molecular formula is C80H77BN4O. The maximum Gasteiger partial charge on any atom is 0.252 e. The lowest BCUT2D eigenvalue weighted by Crippen LogP contribution is -2.61. The molecule has 0 aliphatic carbocycles. The van der Waals surface area contributed by atoms with Gasteiger partial charge in [-0.3, -0.25) is 0 Å². The Kier molecular flexibility index (Phi) is 11.5. The predicted molar refractivity (Wildman–Crippen MR) is 370 cm³/mol. The van der Waals surface area contributed by atoms with E-state index in [9.17, 15) is 0 Å². The Labute approximate surface area is 507 Å². The van der Waals surface area contributed by atoms with E-state index < -0.39 is 0 Å². The van der Waals surface area contributed by atoms with E-state index in [1.54, 1.807) is 0 Å². The molecule has 2 aliphatic heterocycles. The Balaban J connectivity index is 1.14. The molecule has 0 radical (unpaired) electrons. The molecule has 0 atom stereocenters. The van der Waals surface area contributed by atoms with Crippen LogP contribution in [0.3, 0.4) is 0 Å². The maximum absolute atomic E-state index is 7.53. The second-order valence-corrected chi connectivity index (χ2v) is 29.9. The molecule has 0 bridgehead atoms. The number of para-hydroxylation sites is 3. The standard InChI is InChI=1S/C80H77BN4O/c1-76(2,3)48-28-35-53(36-29-48)82-67-41-34-52(80(13,14)15)44-61(67)81-62-47-70(85-65-39-32-50(78(7,8)9)42-59(65)60-43-51(79(10,11)12)33-40-66(60)85)75-72(58-24-18-21-27-71(58)86-75)74(62)84(54-37-30-49(31-38-54)77(4,5)6)69-46-55(45-68(82)73(69)81)83-63-25-19-16-22-56(63)57-23-17-20-26-64(57)83/h16-47H,1-15H3. The molecule has 0 saturated heterocycles. The highest BCUT2D eigenvalue weighted by atomic mass is 16.3. The lowest BCUT2D eigenvalue weighted by atomic mass is 9.33. The number of fused-ring (bicyclic) bond motifs is 14. The number of aromatic nitrogens is 2. The summed E-state index contributed by atoms with van der Waals surface area (Å²) in [5, 5.41) is 7.15. The molecule has 0 N–H and O–H groups in total. The molecule has 13 aromatic rings. The average Bonchev–Trinajstić information content (AvgIpc) is 1.07. The molecule has 5 heterocycles. The van der Waals surface area contributed by atoms with Gasteiger partial charge in [-0.25, -0.2) is 0 Å². The van der Waals surface area contributed by atoms with Crippen molar-refractivity contribution in [3.8, 4) is 11.4 Å². The second kappa shape index (κ2) is 18.4. The highest BCUT2D eigenvalue weighted by Crippen LogP contribution is 2.52. The van der Waals surface area contributed by atoms with Gasteiger partial charge in [-0.1, -0.05) is 207 Å². The monoisotopic (exact) mass is 1120 g/mol. The molecule has 0 spiro atoms. The van der Waals surface area contributed by atoms with Gasteiger partial charge in [-0.2, -0.15) is 0 Å². The van der Waals surface area contributed by atoms with E-state index in [-0.39, 0.29) is 33.8 Å². The lowest BCUT2D eigenvalue weighted by Gasteiger charge is -2.45. The van der Waals surface area contributed by atoms with Gasteiger partial charge in [-0.15, -0.1) is 0 Å². The van der Waals surface area contributed by atoms with Crippen molar-refractivity contribution in [1.29, 1.82) is 0 Å². The van der Waals surface area contributed by atoms with Crippen LogP contribution in [0.1, 0.15) is 132 Å². The van der Waals surface area contributed by atoms with E-state index in [0.29, 0.717) is 0 Å². The first-order valence-electron chi connectivity index (χ1n) is 31.0. The molecular weight excluding hydrogens is 1040 g/mol. The summed E-state index contributed by atoms with van der Waals surface area (Å²) in [5.74, 6) is 0. The van der Waals surface area contributed by atoms with E-state index in [1.807, 2.05) is 0 Å². The molecule has 426 valence electrons. The van der Waals surface area contributed by atoms with Gasteiger partial charge in [0.25, 0.3) is 6.71 Å². The molecule has 86 heavy (non-hydrogen) atoms. The smallest absolute Gasteiger partial charge is 0.252 e. The van der Waals surface area contributed by atoms with Gasteiger partial charge in [0, 0.05) is 55.4 Å². The van der Waals surface area contributed by atoms with Gasteiger partial charge in [0.05, 0.1) is 44.5 Å². The van der Waals surface area contributed by atoms with Gasteiger partial charge in [-0.05, 0) is 162 Å². The molecule has 3 aromatic heterocycles. The maximum atomic E-state index is 7.53. The van der Waals surface area contributed by atoms with Gasteiger partial charge in [0.15, 0.2) is 5.58 Å². The average molecular weight is 1120 g/mol. The Bertz CT molecular complexity index is 4830. The van der Waals surface area contributed by atoms with Crippen LogP contribution in [0.15, 0.2) is 199 Å². The van der Waals surface area contributed by atoms with Crippen LogP contribution >= 0.6 is 0 Å². The minimum atomic E-state index is -0.209. The first-order valence-corrected chi connectivity index (χ1v) is 31.0. The van der Waals surface area contributed by atoms with Crippen molar-refractivity contribution in [2.45, 2.75) is 131 Å². The number of furan rings is 1. The normalized spacial score (nSPS) is 13.9. The summed E-state index contributed by atoms with van der Waals surface area (Å²) in [4.78, 5) is 5.21. The zero-order chi connectivity index (χ0) is 59.9. The topological polar surface area (TPSA) is 29.5 Å². The fraction of sp³-hybridized carbons (Fsp3) is 0.250. The van der Waals surface area contributed by atoms with Gasteiger partial charge in [0.1, 0.15) is 5.58 Å². The molecule has 5 nitrogen and oxygen atoms in total. The zero-order valence-corrected chi connectivity index (χ0v) is 52.7. The fourth-order valence-corrected chi connectivity index (χ4v) is 14.3. The highest BCUT2D eigenvalue weighted by molar-refractivity contribution is 7.00. The van der Waals surface area contributed by atoms with Crippen LogP contribution in [-0.2, 0) is 27.1 Å². The highest BCUT2D eigenvalue weighted by Gasteiger charge is 2.46. The van der Waals surface area contributed by atoms with Crippen LogP contribution in [0.4, 0.5) is 34.1 Å². The van der Waals surface area contributed by atoms with Crippen LogP contribution in [0.5, 0.6) is 0 Å². The van der Waals surface area contributed by atoms with E-state index in [1.165, 1.54) is 82.5 Å². The SMILES string of the molecule is CC(C)(C)c1ccc(N2c3ccc(C(C)(C)C)cc3B3c4cc(-n5c6ccc(C(C)(C)C)cc6c6cc(C(C)(C)C)ccc65)c5oc6ccccc6c5c4N(c4ccc(C(C)(C)C)cc4)c4cc(-n5c6ccccc6c6ccccc65)cc2c43)cc1. The molecule has 10 aromatic carbocycles. The van der Waals surface area contributed by atoms with E-state index in [0.717, 1.165) is 72.8 Å². The van der Waals surface area contributed by atoms with Crippen molar-refractivity contribution in [3.63, 3.8) is 0 Å². The Morgan fingerprint density at radius 2 is 0.744 bits per heavy atom. The third-order valence-corrected chi connectivity index (χ3v) is 19.1. The number of nitrogens with zero attached hydrogens (tertiary/aromatic N) is 4. The largest absolute Gasteiger partial charge is 0.454 e. The molecule has 0 fully saturated rings. The molecule has 0 saturated carbocycles. The Hall–Kier alpha value is -8.74. The number of rotatable bonds is 4. The minimum absolute atomic E-state index is 0.0200. The van der Waals surface area contributed by atoms with Gasteiger partial charge in [0.2, 0.25) is 0 Å². The summed E-state index contributed by atoms with van der Waals surface area (Å²) in [6.07, 6.45) is 0. The number of hydrogen-bond donors (Lipinski definition) is 0. The summed E-state index contributed by atoms with van der Waals surface area (Å²) >= 11 is 0. The van der Waals surface area contributed by atoms with Crippen molar-refractivity contribution < 1.29 is 4.42 Å². The molecule has 6 heteroatoms. The van der Waals surface area contributed by atoms with Crippen molar-refractivity contribution >= 4 is 123 Å². The van der Waals surface area contributed by atoms with Crippen molar-refractivity contribution in [2.75, 3.05) is 9.80 Å². The summed E-state index contributed by atoms with van der Waals surface area (Å²) in [6.45, 7) is 34.7. The Morgan fingerprint density at radius 1 is 0.314 bits per heavy atom. The molecule has 0 amide bonds. The molecule has 15 rings (SSSR count).